The Labute approximate surface area is 122 Å². The van der Waals surface area contributed by atoms with E-state index in [0.717, 1.165) is 15.9 Å². The standard InChI is InChI=1S/C11H8BrCl2N3O/c1-18-6-2-3-7(12)8(4-6)15-9-5-10(13)16-17-11(9)14/h2-5H,1H3,(H,15,16). The molecule has 0 radical (unpaired) electrons. The van der Waals surface area contributed by atoms with Gasteiger partial charge in [-0.3, -0.25) is 0 Å². The van der Waals surface area contributed by atoms with Gasteiger partial charge in [0.1, 0.15) is 5.75 Å². The molecule has 0 saturated heterocycles. The molecule has 2 rings (SSSR count). The Morgan fingerprint density at radius 3 is 2.67 bits per heavy atom. The second-order valence-electron chi connectivity index (χ2n) is 3.34. The van der Waals surface area contributed by atoms with Crippen molar-refractivity contribution in [3.05, 3.63) is 39.0 Å². The number of ether oxygens (including phenoxy) is 1. The number of aromatic nitrogens is 2. The highest BCUT2D eigenvalue weighted by molar-refractivity contribution is 9.10. The summed E-state index contributed by atoms with van der Waals surface area (Å²) < 4.78 is 6.02. The van der Waals surface area contributed by atoms with Gasteiger partial charge in [0.15, 0.2) is 10.3 Å². The summed E-state index contributed by atoms with van der Waals surface area (Å²) in [7, 11) is 1.60. The Morgan fingerprint density at radius 2 is 1.94 bits per heavy atom. The van der Waals surface area contributed by atoms with Crippen LogP contribution in [-0.2, 0) is 0 Å². The highest BCUT2D eigenvalue weighted by atomic mass is 79.9. The van der Waals surface area contributed by atoms with E-state index in [1.54, 1.807) is 13.2 Å². The molecular formula is C11H8BrCl2N3O. The van der Waals surface area contributed by atoms with Crippen molar-refractivity contribution in [2.24, 2.45) is 0 Å². The zero-order chi connectivity index (χ0) is 13.1. The highest BCUT2D eigenvalue weighted by Crippen LogP contribution is 2.32. The van der Waals surface area contributed by atoms with E-state index in [2.05, 4.69) is 31.4 Å². The zero-order valence-corrected chi connectivity index (χ0v) is 12.3. The lowest BCUT2D eigenvalue weighted by atomic mass is 10.3. The first-order valence-electron chi connectivity index (χ1n) is 4.89. The molecule has 0 amide bonds. The van der Waals surface area contributed by atoms with Crippen LogP contribution in [0.3, 0.4) is 0 Å². The minimum atomic E-state index is 0.245. The van der Waals surface area contributed by atoms with Crippen LogP contribution in [0.25, 0.3) is 0 Å². The van der Waals surface area contributed by atoms with Gasteiger partial charge in [-0.1, -0.05) is 23.2 Å². The van der Waals surface area contributed by atoms with E-state index in [1.807, 2.05) is 18.2 Å². The number of nitrogens with zero attached hydrogens (tertiary/aromatic N) is 2. The number of methoxy groups -OCH3 is 1. The second kappa shape index (κ2) is 5.73. The van der Waals surface area contributed by atoms with E-state index >= 15 is 0 Å². The summed E-state index contributed by atoms with van der Waals surface area (Å²) in [6.07, 6.45) is 0. The molecular weight excluding hydrogens is 341 g/mol. The van der Waals surface area contributed by atoms with Crippen LogP contribution in [0, 0.1) is 0 Å². The molecule has 1 aromatic carbocycles. The third-order valence-corrected chi connectivity index (χ3v) is 3.32. The Hall–Kier alpha value is -1.04. The van der Waals surface area contributed by atoms with Gasteiger partial charge >= 0.3 is 0 Å². The first kappa shape index (κ1) is 13.4. The van der Waals surface area contributed by atoms with Crippen molar-refractivity contribution in [3.63, 3.8) is 0 Å². The molecule has 1 aromatic heterocycles. The van der Waals surface area contributed by atoms with Gasteiger partial charge in [0.05, 0.1) is 18.5 Å². The molecule has 0 unspecified atom stereocenters. The van der Waals surface area contributed by atoms with Crippen molar-refractivity contribution in [2.75, 3.05) is 12.4 Å². The number of anilines is 2. The predicted molar refractivity (Wildman–Crippen MR) is 76.0 cm³/mol. The van der Waals surface area contributed by atoms with E-state index in [-0.39, 0.29) is 10.3 Å². The number of benzene rings is 1. The Balaban J connectivity index is 2.36. The van der Waals surface area contributed by atoms with Crippen molar-refractivity contribution < 1.29 is 4.74 Å². The molecule has 4 nitrogen and oxygen atoms in total. The molecule has 18 heavy (non-hydrogen) atoms. The van der Waals surface area contributed by atoms with Crippen molar-refractivity contribution in [1.82, 2.24) is 10.2 Å². The Morgan fingerprint density at radius 1 is 1.17 bits per heavy atom. The molecule has 0 aliphatic carbocycles. The van der Waals surface area contributed by atoms with Crippen molar-refractivity contribution in [3.8, 4) is 5.75 Å². The lowest BCUT2D eigenvalue weighted by Crippen LogP contribution is -1.96. The zero-order valence-electron chi connectivity index (χ0n) is 9.25. The van der Waals surface area contributed by atoms with Crippen LogP contribution in [0.2, 0.25) is 10.3 Å². The Bertz CT molecular complexity index is 580. The van der Waals surface area contributed by atoms with Crippen LogP contribution in [0.5, 0.6) is 5.75 Å². The Kier molecular flexibility index (Phi) is 4.27. The molecule has 7 heteroatoms. The third kappa shape index (κ3) is 3.04. The fourth-order valence-corrected chi connectivity index (χ4v) is 1.95. The fraction of sp³-hybridized carbons (Fsp3) is 0.0909. The summed E-state index contributed by atoms with van der Waals surface area (Å²) in [6.45, 7) is 0. The van der Waals surface area contributed by atoms with Crippen LogP contribution in [0.4, 0.5) is 11.4 Å². The molecule has 1 N–H and O–H groups in total. The largest absolute Gasteiger partial charge is 0.497 e. The van der Waals surface area contributed by atoms with Gasteiger partial charge in [-0.25, -0.2) is 0 Å². The summed E-state index contributed by atoms with van der Waals surface area (Å²) in [5, 5.41) is 11.0. The summed E-state index contributed by atoms with van der Waals surface area (Å²) in [5.41, 5.74) is 1.37. The SMILES string of the molecule is COc1ccc(Br)c(Nc2cc(Cl)nnc2Cl)c1. The first-order chi connectivity index (χ1) is 8.60. The molecule has 0 aliphatic rings. The molecule has 0 spiro atoms. The van der Waals surface area contributed by atoms with Crippen molar-refractivity contribution >= 4 is 50.5 Å². The number of nitrogens with one attached hydrogen (secondary N) is 1. The third-order valence-electron chi connectivity index (χ3n) is 2.16. The van der Waals surface area contributed by atoms with Crippen LogP contribution >= 0.6 is 39.1 Å². The number of halogens is 3. The average molecular weight is 349 g/mol. The fourth-order valence-electron chi connectivity index (χ4n) is 1.31. The number of hydrogen-bond acceptors (Lipinski definition) is 4. The maximum absolute atomic E-state index is 5.93. The molecule has 0 aliphatic heterocycles. The minimum Gasteiger partial charge on any atom is -0.497 e. The first-order valence-corrected chi connectivity index (χ1v) is 6.44. The number of rotatable bonds is 3. The molecule has 1 heterocycles. The smallest absolute Gasteiger partial charge is 0.175 e. The molecule has 94 valence electrons. The summed E-state index contributed by atoms with van der Waals surface area (Å²) in [6, 6.07) is 7.14. The average Bonchev–Trinajstić information content (AvgIpc) is 2.36. The van der Waals surface area contributed by atoms with E-state index < -0.39 is 0 Å². The lowest BCUT2D eigenvalue weighted by molar-refractivity contribution is 0.415. The molecule has 2 aromatic rings. The lowest BCUT2D eigenvalue weighted by Gasteiger charge is -2.11. The topological polar surface area (TPSA) is 47.0 Å². The van der Waals surface area contributed by atoms with Crippen LogP contribution in [0.1, 0.15) is 0 Å². The van der Waals surface area contributed by atoms with Gasteiger partial charge in [0.25, 0.3) is 0 Å². The van der Waals surface area contributed by atoms with Crippen LogP contribution in [0.15, 0.2) is 28.7 Å². The normalized spacial score (nSPS) is 10.2. The molecule has 0 saturated carbocycles. The van der Waals surface area contributed by atoms with Gasteiger partial charge in [-0.05, 0) is 28.1 Å². The summed E-state index contributed by atoms with van der Waals surface area (Å²) in [4.78, 5) is 0. The molecule has 0 bridgehead atoms. The van der Waals surface area contributed by atoms with Crippen LogP contribution in [-0.4, -0.2) is 17.3 Å². The minimum absolute atomic E-state index is 0.245. The summed E-state index contributed by atoms with van der Waals surface area (Å²) in [5.74, 6) is 0.727. The van der Waals surface area contributed by atoms with Crippen molar-refractivity contribution in [1.29, 1.82) is 0 Å². The van der Waals surface area contributed by atoms with Crippen LogP contribution < -0.4 is 10.1 Å². The molecule has 0 atom stereocenters. The van der Waals surface area contributed by atoms with Gasteiger partial charge in [-0.2, -0.15) is 0 Å². The van der Waals surface area contributed by atoms with E-state index in [4.69, 9.17) is 27.9 Å². The summed E-state index contributed by atoms with van der Waals surface area (Å²) >= 11 is 15.1. The van der Waals surface area contributed by atoms with E-state index in [9.17, 15) is 0 Å². The van der Waals surface area contributed by atoms with Gasteiger partial charge in [0, 0.05) is 16.6 Å². The monoisotopic (exact) mass is 347 g/mol. The van der Waals surface area contributed by atoms with E-state index in [0.29, 0.717) is 5.69 Å². The highest BCUT2D eigenvalue weighted by Gasteiger charge is 2.07. The van der Waals surface area contributed by atoms with E-state index in [1.165, 1.54) is 0 Å². The second-order valence-corrected chi connectivity index (χ2v) is 4.94. The molecule has 0 fully saturated rings. The quantitative estimate of drug-likeness (QED) is 0.898. The van der Waals surface area contributed by atoms with Crippen molar-refractivity contribution in [2.45, 2.75) is 0 Å². The van der Waals surface area contributed by atoms with Gasteiger partial charge < -0.3 is 10.1 Å². The maximum Gasteiger partial charge on any atom is 0.175 e. The predicted octanol–water partition coefficient (Wildman–Crippen LogP) is 4.30. The van der Waals surface area contributed by atoms with Gasteiger partial charge in [0.2, 0.25) is 0 Å². The maximum atomic E-state index is 5.93. The van der Waals surface area contributed by atoms with Gasteiger partial charge in [-0.15, -0.1) is 10.2 Å². The number of hydrogen-bond donors (Lipinski definition) is 1.